The summed E-state index contributed by atoms with van der Waals surface area (Å²) in [5, 5.41) is 0. The van der Waals surface area contributed by atoms with Crippen LogP contribution in [0.1, 0.15) is 24.2 Å². The molecule has 126 valence electrons. The minimum Gasteiger partial charge on any atom is -0.434 e. The Morgan fingerprint density at radius 3 is 2.58 bits per heavy atom. The van der Waals surface area contributed by atoms with Crippen molar-refractivity contribution in [1.29, 1.82) is 0 Å². The molecule has 0 unspecified atom stereocenters. The molecule has 0 aliphatic heterocycles. The van der Waals surface area contributed by atoms with Gasteiger partial charge in [0.1, 0.15) is 11.2 Å². The minimum atomic E-state index is -2.92. The lowest BCUT2D eigenvalue weighted by atomic mass is 10.2. The zero-order valence-corrected chi connectivity index (χ0v) is 13.4. The lowest BCUT2D eigenvalue weighted by molar-refractivity contribution is -0.0499. The van der Waals surface area contributed by atoms with Crippen molar-refractivity contribution in [1.82, 2.24) is 4.57 Å². The number of nitrogens with zero attached hydrogens (tertiary/aromatic N) is 2. The van der Waals surface area contributed by atoms with E-state index in [9.17, 15) is 13.6 Å². The third-order valence-electron chi connectivity index (χ3n) is 3.01. The molecule has 1 heterocycles. The molecule has 1 aromatic heterocycles. The zero-order chi connectivity index (χ0) is 17.5. The van der Waals surface area contributed by atoms with E-state index in [0.717, 1.165) is 0 Å². The Morgan fingerprint density at radius 1 is 1.17 bits per heavy atom. The highest BCUT2D eigenvalue weighted by atomic mass is 19.3. The molecule has 2 aromatic rings. The lowest BCUT2D eigenvalue weighted by Crippen LogP contribution is -2.26. The van der Waals surface area contributed by atoms with Crippen LogP contribution in [0.2, 0.25) is 0 Å². The molecule has 0 N–H and O–H groups in total. The predicted molar refractivity (Wildman–Crippen MR) is 87.9 cm³/mol. The monoisotopic (exact) mass is 332 g/mol. The fourth-order valence-corrected chi connectivity index (χ4v) is 2.05. The summed E-state index contributed by atoms with van der Waals surface area (Å²) in [7, 11) is 0. The first-order valence-corrected chi connectivity index (χ1v) is 7.45. The Labute approximate surface area is 138 Å². The number of alkyl halides is 2. The highest BCUT2D eigenvalue weighted by molar-refractivity contribution is 5.93. The molecular weight excluding hydrogens is 314 g/mol. The molecule has 24 heavy (non-hydrogen) atoms. The second-order valence-electron chi connectivity index (χ2n) is 5.24. The van der Waals surface area contributed by atoms with Gasteiger partial charge in [-0.15, -0.1) is 0 Å². The van der Waals surface area contributed by atoms with Gasteiger partial charge in [0.2, 0.25) is 0 Å². The van der Waals surface area contributed by atoms with Gasteiger partial charge in [0.15, 0.2) is 0 Å². The largest absolute Gasteiger partial charge is 0.434 e. The van der Waals surface area contributed by atoms with Crippen LogP contribution in [0.25, 0.3) is 6.08 Å². The number of para-hydroxylation sites is 1. The standard InChI is InChI=1S/C18H18F2N2O2/c1-13(2)21-16-9-5-6-12-22(16)17(23)11-10-14-7-3-4-8-15(14)24-18(19)20/h3-13,18H,1-2H3/b11-10+,21-16?. The maximum atomic E-state index is 12.4. The Balaban J connectivity index is 2.30. The van der Waals surface area contributed by atoms with Crippen LogP contribution in [0.3, 0.4) is 0 Å². The molecule has 1 aromatic carbocycles. The van der Waals surface area contributed by atoms with Crippen molar-refractivity contribution in [2.75, 3.05) is 0 Å². The molecule has 0 amide bonds. The normalized spacial score (nSPS) is 12.3. The van der Waals surface area contributed by atoms with Gasteiger partial charge in [0, 0.05) is 23.9 Å². The molecule has 4 nitrogen and oxygen atoms in total. The topological polar surface area (TPSA) is 43.6 Å². The number of allylic oxidation sites excluding steroid dienone is 1. The second kappa shape index (κ2) is 8.19. The number of carbonyl (C=O) groups excluding carboxylic acids is 1. The summed E-state index contributed by atoms with van der Waals surface area (Å²) in [6.45, 7) is 0.903. The number of hydrogen-bond donors (Lipinski definition) is 0. The Bertz CT molecular complexity index is 795. The number of carbonyl (C=O) groups is 1. The molecular formula is C18H18F2N2O2. The van der Waals surface area contributed by atoms with Gasteiger partial charge < -0.3 is 4.74 Å². The molecule has 0 spiro atoms. The van der Waals surface area contributed by atoms with Crippen molar-refractivity contribution in [2.45, 2.75) is 26.5 Å². The third kappa shape index (κ3) is 4.87. The Kier molecular flexibility index (Phi) is 6.01. The first-order chi connectivity index (χ1) is 11.5. The average molecular weight is 332 g/mol. The average Bonchev–Trinajstić information content (AvgIpc) is 2.53. The quantitative estimate of drug-likeness (QED) is 0.783. The summed E-state index contributed by atoms with van der Waals surface area (Å²) in [6, 6.07) is 11.6. The molecule has 0 aliphatic carbocycles. The second-order valence-corrected chi connectivity index (χ2v) is 5.24. The number of hydrogen-bond acceptors (Lipinski definition) is 3. The van der Waals surface area contributed by atoms with Gasteiger partial charge in [0.25, 0.3) is 5.91 Å². The third-order valence-corrected chi connectivity index (χ3v) is 3.01. The van der Waals surface area contributed by atoms with Crippen molar-refractivity contribution in [2.24, 2.45) is 4.99 Å². The summed E-state index contributed by atoms with van der Waals surface area (Å²) in [4.78, 5) is 16.8. The van der Waals surface area contributed by atoms with E-state index in [4.69, 9.17) is 0 Å². The van der Waals surface area contributed by atoms with E-state index < -0.39 is 6.61 Å². The molecule has 0 bridgehead atoms. The van der Waals surface area contributed by atoms with Crippen LogP contribution in [0.15, 0.2) is 59.7 Å². The summed E-state index contributed by atoms with van der Waals surface area (Å²) >= 11 is 0. The molecule has 0 saturated carbocycles. The first kappa shape index (κ1) is 17.6. The van der Waals surface area contributed by atoms with Crippen molar-refractivity contribution in [3.8, 4) is 5.75 Å². The molecule has 0 aliphatic rings. The smallest absolute Gasteiger partial charge is 0.387 e. The summed E-state index contributed by atoms with van der Waals surface area (Å²) in [5.41, 5.74) is 0.921. The number of ether oxygens (including phenoxy) is 1. The van der Waals surface area contributed by atoms with Gasteiger partial charge in [-0.05, 0) is 38.1 Å². The number of aromatic nitrogens is 1. The lowest BCUT2D eigenvalue weighted by Gasteiger charge is -2.07. The summed E-state index contributed by atoms with van der Waals surface area (Å²) < 4.78 is 30.7. The predicted octanol–water partition coefficient (Wildman–Crippen LogP) is 3.75. The minimum absolute atomic E-state index is 0.0155. The maximum Gasteiger partial charge on any atom is 0.387 e. The zero-order valence-electron chi connectivity index (χ0n) is 13.4. The van der Waals surface area contributed by atoms with Crippen LogP contribution in [0.5, 0.6) is 5.75 Å². The van der Waals surface area contributed by atoms with E-state index in [-0.39, 0.29) is 17.7 Å². The van der Waals surface area contributed by atoms with Gasteiger partial charge >= 0.3 is 6.61 Å². The van der Waals surface area contributed by atoms with E-state index >= 15 is 0 Å². The molecule has 0 atom stereocenters. The Morgan fingerprint density at radius 2 is 1.88 bits per heavy atom. The summed E-state index contributed by atoms with van der Waals surface area (Å²) in [6.07, 6.45) is 4.35. The highest BCUT2D eigenvalue weighted by Crippen LogP contribution is 2.21. The van der Waals surface area contributed by atoms with Crippen LogP contribution in [-0.2, 0) is 0 Å². The van der Waals surface area contributed by atoms with Crippen LogP contribution in [0, 0.1) is 0 Å². The fourth-order valence-electron chi connectivity index (χ4n) is 2.05. The summed E-state index contributed by atoms with van der Waals surface area (Å²) in [5.74, 6) is -0.316. The van der Waals surface area contributed by atoms with E-state index in [1.807, 2.05) is 13.8 Å². The molecule has 6 heteroatoms. The number of benzene rings is 1. The van der Waals surface area contributed by atoms with Crippen molar-refractivity contribution in [3.05, 3.63) is 65.8 Å². The van der Waals surface area contributed by atoms with Crippen molar-refractivity contribution in [3.63, 3.8) is 0 Å². The van der Waals surface area contributed by atoms with Crippen LogP contribution >= 0.6 is 0 Å². The van der Waals surface area contributed by atoms with Gasteiger partial charge in [-0.1, -0.05) is 24.3 Å². The fraction of sp³-hybridized carbons (Fsp3) is 0.222. The van der Waals surface area contributed by atoms with E-state index in [2.05, 4.69) is 9.73 Å². The maximum absolute atomic E-state index is 12.4. The highest BCUT2D eigenvalue weighted by Gasteiger charge is 2.08. The van der Waals surface area contributed by atoms with E-state index in [0.29, 0.717) is 11.1 Å². The first-order valence-electron chi connectivity index (χ1n) is 7.45. The SMILES string of the molecule is CC(C)N=c1ccccn1C(=O)/C=C/c1ccccc1OC(F)F. The van der Waals surface area contributed by atoms with Crippen molar-refractivity contribution >= 4 is 12.0 Å². The van der Waals surface area contributed by atoms with Gasteiger partial charge in [-0.3, -0.25) is 14.4 Å². The number of pyridine rings is 1. The van der Waals surface area contributed by atoms with E-state index in [1.165, 1.54) is 22.8 Å². The molecule has 0 fully saturated rings. The Hall–Kier alpha value is -2.76. The number of rotatable bonds is 5. The van der Waals surface area contributed by atoms with Crippen LogP contribution in [0.4, 0.5) is 8.78 Å². The van der Waals surface area contributed by atoms with E-state index in [1.54, 1.807) is 42.6 Å². The van der Waals surface area contributed by atoms with Gasteiger partial charge in [0.05, 0.1) is 0 Å². The van der Waals surface area contributed by atoms with Crippen LogP contribution in [-0.4, -0.2) is 23.1 Å². The van der Waals surface area contributed by atoms with Gasteiger partial charge in [-0.25, -0.2) is 0 Å². The number of halogens is 2. The molecule has 2 rings (SSSR count). The van der Waals surface area contributed by atoms with Crippen LogP contribution < -0.4 is 10.2 Å². The molecule has 0 radical (unpaired) electrons. The molecule has 0 saturated heterocycles. The van der Waals surface area contributed by atoms with Gasteiger partial charge in [-0.2, -0.15) is 8.78 Å². The van der Waals surface area contributed by atoms with Crippen molar-refractivity contribution < 1.29 is 18.3 Å².